The van der Waals surface area contributed by atoms with Gasteiger partial charge in [-0.2, -0.15) is 4.89 Å². The highest BCUT2D eigenvalue weighted by Crippen LogP contribution is 2.69. The monoisotopic (exact) mass is 538 g/mol. The van der Waals surface area contributed by atoms with E-state index in [1.54, 1.807) is 0 Å². The molecule has 35 heavy (non-hydrogen) atoms. The van der Waals surface area contributed by atoms with Gasteiger partial charge in [-0.25, -0.2) is 19.0 Å². The molecule has 0 amide bonds. The fraction of sp³-hybridized carbons (Fsp3) is 0.909. The molecule has 1 heterocycles. The lowest BCUT2D eigenvalue weighted by Crippen LogP contribution is -2.81. The van der Waals surface area contributed by atoms with Gasteiger partial charge in [0.05, 0.1) is 12.7 Å². The van der Waals surface area contributed by atoms with Crippen LogP contribution in [0.25, 0.3) is 0 Å². The third-order valence-electron chi connectivity index (χ3n) is 9.09. The Morgan fingerprint density at radius 3 is 2.03 bits per heavy atom. The number of phosphoric ester groups is 1. The molecule has 5 saturated carbocycles. The molecule has 0 aromatic rings. The first-order valence-corrected chi connectivity index (χ1v) is 14.2. The lowest BCUT2D eigenvalue weighted by Gasteiger charge is -2.70. The number of phosphoric acid groups is 1. The fourth-order valence-corrected chi connectivity index (χ4v) is 8.54. The van der Waals surface area contributed by atoms with Crippen LogP contribution in [0.1, 0.15) is 64.2 Å². The molecule has 5 aliphatic carbocycles. The Morgan fingerprint density at radius 2 is 1.54 bits per heavy atom. The average molecular weight is 539 g/mol. The smallest absolute Gasteiger partial charge is 0.469 e. The van der Waals surface area contributed by atoms with Crippen LogP contribution in [0, 0.1) is 29.6 Å². The van der Waals surface area contributed by atoms with Gasteiger partial charge in [-0.3, -0.25) is 4.52 Å². The number of halogens is 1. The Hall–Kier alpha value is -0.780. The largest absolute Gasteiger partial charge is 0.479 e. The fourth-order valence-electron chi connectivity index (χ4n) is 7.88. The minimum absolute atomic E-state index is 0.176. The Bertz CT molecular complexity index is 879. The molecule has 1 saturated heterocycles. The summed E-state index contributed by atoms with van der Waals surface area (Å²) in [5, 5.41) is 18.8. The molecule has 6 fully saturated rings. The summed E-state index contributed by atoms with van der Waals surface area (Å²) in [6, 6.07) is 0. The lowest BCUT2D eigenvalue weighted by molar-refractivity contribution is -0.649. The third kappa shape index (κ3) is 4.16. The second-order valence-corrected chi connectivity index (χ2v) is 12.9. The van der Waals surface area contributed by atoms with Crippen LogP contribution in [-0.2, 0) is 33.2 Å². The molecule has 11 nitrogen and oxygen atoms in total. The van der Waals surface area contributed by atoms with E-state index >= 15 is 0 Å². The van der Waals surface area contributed by atoms with Crippen molar-refractivity contribution in [3.8, 4) is 0 Å². The number of carboxylic acid groups (broad SMARTS) is 2. The van der Waals surface area contributed by atoms with Crippen molar-refractivity contribution in [1.82, 2.24) is 0 Å². The molecule has 13 heteroatoms. The van der Waals surface area contributed by atoms with Crippen LogP contribution in [0.4, 0.5) is 0 Å². The van der Waals surface area contributed by atoms with E-state index in [0.29, 0.717) is 31.1 Å². The minimum Gasteiger partial charge on any atom is -0.479 e. The molecular weight excluding hydrogens is 507 g/mol. The van der Waals surface area contributed by atoms with Gasteiger partial charge in [-0.1, -0.05) is 18.0 Å². The SMILES string of the molecule is O=C(O)C(Cl)(CCOC1(C2CCCC(OP(=O)(O)O)C2)OOC12C1CC3CC(C1)CC2C3)C(=O)O. The highest BCUT2D eigenvalue weighted by molar-refractivity contribution is 7.46. The predicted molar refractivity (Wildman–Crippen MR) is 118 cm³/mol. The van der Waals surface area contributed by atoms with Crippen molar-refractivity contribution >= 4 is 31.4 Å². The molecule has 0 aromatic heterocycles. The molecule has 1 aliphatic heterocycles. The zero-order chi connectivity index (χ0) is 25.2. The number of hydrogen-bond acceptors (Lipinski definition) is 7. The zero-order valence-corrected chi connectivity index (χ0v) is 20.9. The van der Waals surface area contributed by atoms with Crippen LogP contribution < -0.4 is 0 Å². The second kappa shape index (κ2) is 8.91. The van der Waals surface area contributed by atoms with Crippen molar-refractivity contribution < 1.29 is 53.2 Å². The Kier molecular flexibility index (Phi) is 6.58. The maximum absolute atomic E-state index is 11.6. The highest BCUT2D eigenvalue weighted by atomic mass is 35.5. The van der Waals surface area contributed by atoms with Crippen LogP contribution in [0.5, 0.6) is 0 Å². The van der Waals surface area contributed by atoms with E-state index in [1.807, 2.05) is 0 Å². The molecule has 0 radical (unpaired) electrons. The third-order valence-corrected chi connectivity index (χ3v) is 10.2. The van der Waals surface area contributed by atoms with Crippen molar-refractivity contribution in [1.29, 1.82) is 0 Å². The average Bonchev–Trinajstić information content (AvgIpc) is 2.74. The molecule has 3 atom stereocenters. The maximum Gasteiger partial charge on any atom is 0.469 e. The van der Waals surface area contributed by atoms with Crippen molar-refractivity contribution in [3.05, 3.63) is 0 Å². The van der Waals surface area contributed by atoms with Crippen LogP contribution in [-0.4, -0.2) is 60.9 Å². The molecule has 198 valence electrons. The number of aliphatic carboxylic acids is 2. The summed E-state index contributed by atoms with van der Waals surface area (Å²) in [5.41, 5.74) is -0.767. The molecule has 4 bridgehead atoms. The van der Waals surface area contributed by atoms with Crippen molar-refractivity contribution in [3.63, 3.8) is 0 Å². The number of ether oxygens (including phenoxy) is 1. The Labute approximate surface area is 207 Å². The number of alkyl halides is 1. The molecule has 1 spiro atoms. The van der Waals surface area contributed by atoms with Crippen molar-refractivity contribution in [2.75, 3.05) is 6.61 Å². The summed E-state index contributed by atoms with van der Waals surface area (Å²) in [5.74, 6) is -3.38. The number of rotatable bonds is 9. The molecular formula is C22H32ClO11P. The van der Waals surface area contributed by atoms with Crippen LogP contribution >= 0.6 is 19.4 Å². The van der Waals surface area contributed by atoms with E-state index in [1.165, 1.54) is 6.42 Å². The summed E-state index contributed by atoms with van der Waals surface area (Å²) >= 11 is 5.92. The first kappa shape index (κ1) is 25.9. The van der Waals surface area contributed by atoms with E-state index in [2.05, 4.69) is 0 Å². The van der Waals surface area contributed by atoms with E-state index in [9.17, 15) is 34.2 Å². The lowest BCUT2D eigenvalue weighted by atomic mass is 9.46. The van der Waals surface area contributed by atoms with Crippen LogP contribution in [0.2, 0.25) is 0 Å². The maximum atomic E-state index is 11.6. The minimum atomic E-state index is -4.69. The molecule has 0 aromatic carbocycles. The van der Waals surface area contributed by atoms with Gasteiger partial charge in [0.15, 0.2) is 5.60 Å². The predicted octanol–water partition coefficient (Wildman–Crippen LogP) is 3.06. The molecule has 6 rings (SSSR count). The quantitative estimate of drug-likeness (QED) is 0.147. The summed E-state index contributed by atoms with van der Waals surface area (Å²) in [6.07, 6.45) is 5.94. The van der Waals surface area contributed by atoms with Gasteiger partial charge in [0, 0.05) is 12.3 Å². The highest BCUT2D eigenvalue weighted by Gasteiger charge is 2.78. The van der Waals surface area contributed by atoms with Crippen LogP contribution in [0.15, 0.2) is 0 Å². The van der Waals surface area contributed by atoms with Gasteiger partial charge < -0.3 is 24.7 Å². The van der Waals surface area contributed by atoms with E-state index in [4.69, 9.17) is 30.6 Å². The summed E-state index contributed by atoms with van der Waals surface area (Å²) in [7, 11) is -4.69. The number of carboxylic acids is 2. The number of carbonyl (C=O) groups is 2. The topological polar surface area (TPSA) is 169 Å². The van der Waals surface area contributed by atoms with E-state index < -0.39 is 48.5 Å². The zero-order valence-electron chi connectivity index (χ0n) is 19.2. The molecule has 3 unspecified atom stereocenters. The van der Waals surface area contributed by atoms with Crippen LogP contribution in [0.3, 0.4) is 0 Å². The summed E-state index contributed by atoms with van der Waals surface area (Å²) in [4.78, 5) is 51.1. The number of hydrogen-bond donors (Lipinski definition) is 4. The first-order chi connectivity index (χ1) is 16.4. The summed E-state index contributed by atoms with van der Waals surface area (Å²) < 4.78 is 22.9. The van der Waals surface area contributed by atoms with E-state index in [0.717, 1.165) is 25.7 Å². The Balaban J connectivity index is 1.43. The standard InChI is InChI=1S/C22H32ClO11P/c23-20(18(24)25,19(26)27)4-5-31-22(14-2-1-3-17(11-14)32-35(28,29)30)21(33-34-22)15-7-12-6-13(9-15)10-16(21)8-12/h12-17H,1-11H2,(H,24,25)(H,26,27)(H2,28,29,30). The van der Waals surface area contributed by atoms with E-state index in [-0.39, 0.29) is 30.8 Å². The molecule has 4 N–H and O–H groups in total. The second-order valence-electron chi connectivity index (χ2n) is 11.0. The van der Waals surface area contributed by atoms with Gasteiger partial charge >= 0.3 is 19.8 Å². The first-order valence-electron chi connectivity index (χ1n) is 12.3. The Morgan fingerprint density at radius 1 is 0.943 bits per heavy atom. The van der Waals surface area contributed by atoms with Crippen molar-refractivity contribution in [2.24, 2.45) is 29.6 Å². The van der Waals surface area contributed by atoms with Gasteiger partial charge in [0.2, 0.25) is 10.7 Å². The van der Waals surface area contributed by atoms with Gasteiger partial charge in [0.25, 0.3) is 0 Å². The molecule has 6 aliphatic rings. The normalized spacial score (nSPS) is 42.7. The van der Waals surface area contributed by atoms with Gasteiger partial charge in [-0.15, -0.1) is 0 Å². The summed E-state index contributed by atoms with van der Waals surface area (Å²) in [6.45, 7) is -0.292. The van der Waals surface area contributed by atoms with Gasteiger partial charge in [-0.05, 0) is 75.0 Å². The van der Waals surface area contributed by atoms with Crippen molar-refractivity contribution in [2.45, 2.75) is 86.6 Å². The van der Waals surface area contributed by atoms with Gasteiger partial charge in [0.1, 0.15) is 0 Å².